The summed E-state index contributed by atoms with van der Waals surface area (Å²) in [6.45, 7) is 0. The third-order valence-electron chi connectivity index (χ3n) is 2.77. The molecular weight excluding hydrogens is 232 g/mol. The number of nitrogens with zero attached hydrogens (tertiary/aromatic N) is 1. The average molecular weight is 246 g/mol. The van der Waals surface area contributed by atoms with Crippen molar-refractivity contribution < 1.29 is 9.57 Å². The lowest BCUT2D eigenvalue weighted by atomic mass is 10.1. The van der Waals surface area contributed by atoms with E-state index < -0.39 is 0 Å². The summed E-state index contributed by atoms with van der Waals surface area (Å²) in [6.07, 6.45) is 0. The number of rotatable bonds is 3. The number of methoxy groups -OCH3 is 1. The largest absolute Gasteiger partial charge is 0.496 e. The number of pyridine rings is 1. The average Bonchev–Trinajstić information content (AvgIpc) is 2.41. The van der Waals surface area contributed by atoms with Crippen molar-refractivity contribution in [2.75, 3.05) is 7.11 Å². The molecule has 0 spiro atoms. The van der Waals surface area contributed by atoms with Crippen LogP contribution in [0, 0.1) is 0 Å². The Balaban J connectivity index is 2.63. The number of nitrogens with two attached hydrogens (primary N) is 1. The van der Waals surface area contributed by atoms with Gasteiger partial charge in [-0.3, -0.25) is 4.79 Å². The molecule has 0 atom stereocenters. The summed E-state index contributed by atoms with van der Waals surface area (Å²) in [7, 11) is 3.27. The molecular formula is C13H14N2O3. The molecule has 5 heteroatoms. The van der Waals surface area contributed by atoms with E-state index in [1.807, 2.05) is 6.07 Å². The second-order valence-corrected chi connectivity index (χ2v) is 3.79. The van der Waals surface area contributed by atoms with Gasteiger partial charge in [-0.2, -0.15) is 5.90 Å². The van der Waals surface area contributed by atoms with E-state index in [-0.39, 0.29) is 5.56 Å². The molecule has 5 nitrogen and oxygen atoms in total. The second-order valence-electron chi connectivity index (χ2n) is 3.79. The number of benzene rings is 1. The molecule has 2 N–H and O–H groups in total. The SMILES string of the molecule is COc1cc(ON)ccc1-c1cccc(=O)n1C. The first-order chi connectivity index (χ1) is 8.67. The standard InChI is InChI=1S/C13H14N2O3/c1-15-11(4-3-5-13(15)16)10-7-6-9(18-14)8-12(10)17-2/h3-8H,14H2,1-2H3. The van der Waals surface area contributed by atoms with Crippen molar-refractivity contribution >= 4 is 0 Å². The lowest BCUT2D eigenvalue weighted by Gasteiger charge is -2.12. The van der Waals surface area contributed by atoms with Crippen LogP contribution in [0.4, 0.5) is 0 Å². The Morgan fingerprint density at radius 2 is 2.00 bits per heavy atom. The third kappa shape index (κ3) is 2.08. The van der Waals surface area contributed by atoms with Crippen LogP contribution in [-0.2, 0) is 7.05 Å². The molecule has 0 saturated heterocycles. The normalized spacial score (nSPS) is 10.2. The summed E-state index contributed by atoms with van der Waals surface area (Å²) in [5.41, 5.74) is 1.50. The van der Waals surface area contributed by atoms with E-state index >= 15 is 0 Å². The third-order valence-corrected chi connectivity index (χ3v) is 2.77. The highest BCUT2D eigenvalue weighted by Crippen LogP contribution is 2.32. The molecule has 0 aliphatic rings. The smallest absolute Gasteiger partial charge is 0.250 e. The summed E-state index contributed by atoms with van der Waals surface area (Å²) in [6, 6.07) is 10.3. The van der Waals surface area contributed by atoms with Gasteiger partial charge in [0.2, 0.25) is 0 Å². The Morgan fingerprint density at radius 3 is 2.67 bits per heavy atom. The van der Waals surface area contributed by atoms with Gasteiger partial charge >= 0.3 is 0 Å². The van der Waals surface area contributed by atoms with Crippen LogP contribution in [0.1, 0.15) is 0 Å². The second kappa shape index (κ2) is 4.93. The maximum absolute atomic E-state index is 11.6. The first-order valence-electron chi connectivity index (χ1n) is 5.38. The summed E-state index contributed by atoms with van der Waals surface area (Å²) < 4.78 is 6.84. The fourth-order valence-electron chi connectivity index (χ4n) is 1.79. The highest BCUT2D eigenvalue weighted by molar-refractivity contribution is 5.68. The zero-order valence-corrected chi connectivity index (χ0v) is 10.2. The van der Waals surface area contributed by atoms with Gasteiger partial charge in [0, 0.05) is 24.7 Å². The van der Waals surface area contributed by atoms with Gasteiger partial charge in [0.1, 0.15) is 5.75 Å². The Labute approximate surface area is 104 Å². The van der Waals surface area contributed by atoms with Crippen molar-refractivity contribution in [3.05, 3.63) is 46.8 Å². The summed E-state index contributed by atoms with van der Waals surface area (Å²) >= 11 is 0. The monoisotopic (exact) mass is 246 g/mol. The van der Waals surface area contributed by atoms with Crippen LogP contribution in [0.2, 0.25) is 0 Å². The summed E-state index contributed by atoms with van der Waals surface area (Å²) in [5.74, 6) is 6.20. The molecule has 0 amide bonds. The van der Waals surface area contributed by atoms with Crippen LogP contribution < -0.4 is 21.0 Å². The molecule has 0 bridgehead atoms. The van der Waals surface area contributed by atoms with Crippen molar-refractivity contribution in [3.63, 3.8) is 0 Å². The van der Waals surface area contributed by atoms with E-state index in [1.165, 1.54) is 6.07 Å². The molecule has 1 aromatic carbocycles. The molecule has 0 saturated carbocycles. The van der Waals surface area contributed by atoms with Crippen LogP contribution >= 0.6 is 0 Å². The van der Waals surface area contributed by atoms with Crippen LogP contribution in [0.3, 0.4) is 0 Å². The van der Waals surface area contributed by atoms with E-state index in [4.69, 9.17) is 10.6 Å². The molecule has 1 heterocycles. The topological polar surface area (TPSA) is 66.5 Å². The van der Waals surface area contributed by atoms with Crippen molar-refractivity contribution in [1.82, 2.24) is 4.57 Å². The predicted octanol–water partition coefficient (Wildman–Crippen LogP) is 1.31. The van der Waals surface area contributed by atoms with Crippen LogP contribution in [0.5, 0.6) is 11.5 Å². The molecule has 18 heavy (non-hydrogen) atoms. The van der Waals surface area contributed by atoms with Crippen molar-refractivity contribution in [1.29, 1.82) is 0 Å². The van der Waals surface area contributed by atoms with Gasteiger partial charge in [-0.1, -0.05) is 6.07 Å². The zero-order chi connectivity index (χ0) is 13.1. The first-order valence-corrected chi connectivity index (χ1v) is 5.38. The maximum atomic E-state index is 11.6. The van der Waals surface area contributed by atoms with E-state index in [9.17, 15) is 4.79 Å². The quantitative estimate of drug-likeness (QED) is 0.829. The zero-order valence-electron chi connectivity index (χ0n) is 10.2. The van der Waals surface area contributed by atoms with E-state index in [0.29, 0.717) is 11.5 Å². The van der Waals surface area contributed by atoms with Crippen molar-refractivity contribution in [2.24, 2.45) is 12.9 Å². The number of hydrogen-bond donors (Lipinski definition) is 1. The molecule has 0 fully saturated rings. The Bertz CT molecular complexity index is 620. The maximum Gasteiger partial charge on any atom is 0.250 e. The number of hydrogen-bond acceptors (Lipinski definition) is 4. The molecule has 0 aliphatic heterocycles. The molecule has 0 unspecified atom stereocenters. The van der Waals surface area contributed by atoms with Crippen molar-refractivity contribution in [2.45, 2.75) is 0 Å². The minimum absolute atomic E-state index is 0.0753. The number of aromatic nitrogens is 1. The van der Waals surface area contributed by atoms with Gasteiger partial charge in [-0.05, 0) is 18.2 Å². The molecule has 2 rings (SSSR count). The van der Waals surface area contributed by atoms with Gasteiger partial charge in [0.05, 0.1) is 12.8 Å². The van der Waals surface area contributed by atoms with E-state index in [0.717, 1.165) is 11.3 Å². The Hall–Kier alpha value is -2.27. The highest BCUT2D eigenvalue weighted by atomic mass is 16.6. The predicted molar refractivity (Wildman–Crippen MR) is 68.5 cm³/mol. The lowest BCUT2D eigenvalue weighted by Crippen LogP contribution is -2.16. The molecule has 94 valence electrons. The van der Waals surface area contributed by atoms with Gasteiger partial charge in [-0.15, -0.1) is 0 Å². The summed E-state index contributed by atoms with van der Waals surface area (Å²) in [4.78, 5) is 16.3. The fourth-order valence-corrected chi connectivity index (χ4v) is 1.79. The molecule has 2 aromatic rings. The highest BCUT2D eigenvalue weighted by Gasteiger charge is 2.10. The van der Waals surface area contributed by atoms with Crippen LogP contribution in [-0.4, -0.2) is 11.7 Å². The minimum atomic E-state index is -0.0753. The molecule has 1 aromatic heterocycles. The molecule has 0 radical (unpaired) electrons. The Kier molecular flexibility index (Phi) is 3.34. The van der Waals surface area contributed by atoms with Crippen LogP contribution in [0.25, 0.3) is 11.3 Å². The van der Waals surface area contributed by atoms with Gasteiger partial charge in [0.15, 0.2) is 5.75 Å². The fraction of sp³-hybridized carbons (Fsp3) is 0.154. The number of ether oxygens (including phenoxy) is 1. The van der Waals surface area contributed by atoms with Crippen LogP contribution in [0.15, 0.2) is 41.2 Å². The first kappa shape index (κ1) is 12.2. The van der Waals surface area contributed by atoms with Gasteiger partial charge in [0.25, 0.3) is 5.56 Å². The van der Waals surface area contributed by atoms with E-state index in [2.05, 4.69) is 4.84 Å². The Morgan fingerprint density at radius 1 is 1.22 bits per heavy atom. The lowest BCUT2D eigenvalue weighted by molar-refractivity contribution is 0.331. The van der Waals surface area contributed by atoms with E-state index in [1.54, 1.807) is 43.0 Å². The van der Waals surface area contributed by atoms with Gasteiger partial charge in [-0.25, -0.2) is 0 Å². The van der Waals surface area contributed by atoms with Crippen molar-refractivity contribution in [3.8, 4) is 22.8 Å². The molecule has 0 aliphatic carbocycles. The summed E-state index contributed by atoms with van der Waals surface area (Å²) in [5, 5.41) is 0. The minimum Gasteiger partial charge on any atom is -0.496 e. The van der Waals surface area contributed by atoms with Gasteiger partial charge < -0.3 is 14.1 Å².